The summed E-state index contributed by atoms with van der Waals surface area (Å²) in [4.78, 5) is 2.50. The van der Waals surface area contributed by atoms with Crippen LogP contribution < -0.4 is 4.90 Å². The van der Waals surface area contributed by atoms with Gasteiger partial charge in [0, 0.05) is 33.1 Å². The second-order valence-electron chi connectivity index (χ2n) is 12.9. The molecule has 0 bridgehead atoms. The highest BCUT2D eigenvalue weighted by Gasteiger charge is 2.23. The van der Waals surface area contributed by atoms with Gasteiger partial charge in [0.25, 0.3) is 0 Å². The summed E-state index contributed by atoms with van der Waals surface area (Å²) in [5.41, 5.74) is 9.27. The van der Waals surface area contributed by atoms with E-state index >= 15 is 0 Å². The maximum absolute atomic E-state index is 2.50. The van der Waals surface area contributed by atoms with Crippen molar-refractivity contribution in [2.75, 3.05) is 4.90 Å². The van der Waals surface area contributed by atoms with Crippen molar-refractivity contribution in [1.29, 1.82) is 0 Å². The minimum atomic E-state index is 1.10. The standard InChI is InChI=1S/C48H32N2/c1-3-15-33(16-4-1)39-22-11-13-25-44(39)50(47-31-35-18-8-9-21-38(35)43-29-27-34-17-7-10-23-40(34)48(43)47)37-28-30-42-41-24-12-14-26-45(41)49(46(42)32-37)36-19-5-2-6-20-36/h1-32H. The lowest BCUT2D eigenvalue weighted by molar-refractivity contribution is 1.18. The normalized spacial score (nSPS) is 11.6. The zero-order valence-electron chi connectivity index (χ0n) is 27.4. The van der Waals surface area contributed by atoms with E-state index in [1.54, 1.807) is 0 Å². The summed E-state index contributed by atoms with van der Waals surface area (Å²) in [5.74, 6) is 0. The molecule has 0 aliphatic carbocycles. The molecule has 0 N–H and O–H groups in total. The quantitative estimate of drug-likeness (QED) is 0.171. The second-order valence-corrected chi connectivity index (χ2v) is 12.9. The Morgan fingerprint density at radius 1 is 0.360 bits per heavy atom. The summed E-state index contributed by atoms with van der Waals surface area (Å²) in [5, 5.41) is 9.92. The molecule has 1 aromatic heterocycles. The summed E-state index contributed by atoms with van der Waals surface area (Å²) in [7, 11) is 0. The van der Waals surface area contributed by atoms with Gasteiger partial charge in [-0.3, -0.25) is 0 Å². The minimum absolute atomic E-state index is 1.10. The van der Waals surface area contributed by atoms with Crippen molar-refractivity contribution in [3.05, 3.63) is 194 Å². The summed E-state index contributed by atoms with van der Waals surface area (Å²) in [6.45, 7) is 0. The maximum atomic E-state index is 2.50. The molecule has 50 heavy (non-hydrogen) atoms. The lowest BCUT2D eigenvalue weighted by atomic mass is 9.94. The molecule has 0 atom stereocenters. The van der Waals surface area contributed by atoms with Crippen molar-refractivity contribution in [3.8, 4) is 16.8 Å². The molecule has 0 saturated carbocycles. The Labute approximate surface area is 290 Å². The van der Waals surface area contributed by atoms with E-state index in [0.29, 0.717) is 0 Å². The number of hydrogen-bond donors (Lipinski definition) is 0. The van der Waals surface area contributed by atoms with E-state index in [1.165, 1.54) is 65.3 Å². The van der Waals surface area contributed by atoms with E-state index in [0.717, 1.165) is 22.7 Å². The number of benzene rings is 9. The van der Waals surface area contributed by atoms with Crippen LogP contribution in [0.25, 0.3) is 70.9 Å². The third-order valence-corrected chi connectivity index (χ3v) is 10.1. The third kappa shape index (κ3) is 4.43. The molecule has 0 unspecified atom stereocenters. The largest absolute Gasteiger partial charge is 0.309 e. The van der Waals surface area contributed by atoms with Gasteiger partial charge in [0.15, 0.2) is 0 Å². The molecule has 0 fully saturated rings. The van der Waals surface area contributed by atoms with Gasteiger partial charge >= 0.3 is 0 Å². The summed E-state index contributed by atoms with van der Waals surface area (Å²) in [6.07, 6.45) is 0. The van der Waals surface area contributed by atoms with E-state index in [2.05, 4.69) is 204 Å². The number of fused-ring (bicyclic) bond motifs is 8. The molecule has 2 heteroatoms. The van der Waals surface area contributed by atoms with Crippen LogP contribution in [0, 0.1) is 0 Å². The molecular formula is C48H32N2. The van der Waals surface area contributed by atoms with Crippen LogP contribution in [-0.4, -0.2) is 4.57 Å². The molecule has 0 aliphatic rings. The van der Waals surface area contributed by atoms with E-state index in [9.17, 15) is 0 Å². The average Bonchev–Trinajstić information content (AvgIpc) is 3.52. The topological polar surface area (TPSA) is 8.17 Å². The Hall–Kier alpha value is -6.64. The van der Waals surface area contributed by atoms with Gasteiger partial charge in [-0.25, -0.2) is 0 Å². The molecule has 0 amide bonds. The Balaban J connectivity index is 1.36. The van der Waals surface area contributed by atoms with Crippen LogP contribution in [0.2, 0.25) is 0 Å². The predicted octanol–water partition coefficient (Wildman–Crippen LogP) is 13.4. The Morgan fingerprint density at radius 2 is 0.980 bits per heavy atom. The van der Waals surface area contributed by atoms with Crippen LogP contribution in [0.1, 0.15) is 0 Å². The Kier molecular flexibility index (Phi) is 6.53. The number of rotatable bonds is 5. The molecular weight excluding hydrogens is 605 g/mol. The van der Waals surface area contributed by atoms with Gasteiger partial charge in [-0.1, -0.05) is 152 Å². The number of hydrogen-bond acceptors (Lipinski definition) is 1. The van der Waals surface area contributed by atoms with Crippen molar-refractivity contribution in [2.24, 2.45) is 0 Å². The smallest absolute Gasteiger partial charge is 0.0561 e. The van der Waals surface area contributed by atoms with E-state index in [1.807, 2.05) is 0 Å². The fraction of sp³-hybridized carbons (Fsp3) is 0. The van der Waals surface area contributed by atoms with Crippen LogP contribution in [0.3, 0.4) is 0 Å². The molecule has 10 aromatic rings. The van der Waals surface area contributed by atoms with Gasteiger partial charge in [0.05, 0.1) is 22.4 Å². The highest BCUT2D eigenvalue weighted by molar-refractivity contribution is 6.24. The second kappa shape index (κ2) is 11.5. The number of aromatic nitrogens is 1. The van der Waals surface area contributed by atoms with Gasteiger partial charge in [0.2, 0.25) is 0 Å². The first-order chi connectivity index (χ1) is 24.8. The van der Waals surface area contributed by atoms with Crippen molar-refractivity contribution in [2.45, 2.75) is 0 Å². The van der Waals surface area contributed by atoms with Gasteiger partial charge in [-0.2, -0.15) is 0 Å². The highest BCUT2D eigenvalue weighted by atomic mass is 15.1. The van der Waals surface area contributed by atoms with Gasteiger partial charge in [-0.15, -0.1) is 0 Å². The summed E-state index contributed by atoms with van der Waals surface area (Å²) in [6, 6.07) is 70.6. The third-order valence-electron chi connectivity index (χ3n) is 10.1. The van der Waals surface area contributed by atoms with Crippen LogP contribution in [0.4, 0.5) is 17.1 Å². The lowest BCUT2D eigenvalue weighted by Crippen LogP contribution is -2.12. The Bertz CT molecular complexity index is 2870. The van der Waals surface area contributed by atoms with Crippen LogP contribution >= 0.6 is 0 Å². The first-order valence-electron chi connectivity index (χ1n) is 17.2. The van der Waals surface area contributed by atoms with Gasteiger partial charge in [-0.05, 0) is 75.0 Å². The van der Waals surface area contributed by atoms with E-state index in [4.69, 9.17) is 0 Å². The maximum Gasteiger partial charge on any atom is 0.0561 e. The fourth-order valence-electron chi connectivity index (χ4n) is 7.93. The molecule has 0 saturated heterocycles. The highest BCUT2D eigenvalue weighted by Crippen LogP contribution is 2.48. The molecule has 234 valence electrons. The number of nitrogens with zero attached hydrogens (tertiary/aromatic N) is 2. The molecule has 10 rings (SSSR count). The monoisotopic (exact) mass is 636 g/mol. The average molecular weight is 637 g/mol. The van der Waals surface area contributed by atoms with E-state index < -0.39 is 0 Å². The zero-order chi connectivity index (χ0) is 33.0. The van der Waals surface area contributed by atoms with Gasteiger partial charge < -0.3 is 9.47 Å². The fourth-order valence-corrected chi connectivity index (χ4v) is 7.93. The first kappa shape index (κ1) is 28.4. The number of para-hydroxylation sites is 3. The van der Waals surface area contributed by atoms with Gasteiger partial charge in [0.1, 0.15) is 0 Å². The van der Waals surface area contributed by atoms with Crippen molar-refractivity contribution in [3.63, 3.8) is 0 Å². The van der Waals surface area contributed by atoms with Crippen LogP contribution in [0.5, 0.6) is 0 Å². The Morgan fingerprint density at radius 3 is 1.82 bits per heavy atom. The molecule has 9 aromatic carbocycles. The molecule has 0 radical (unpaired) electrons. The summed E-state index contributed by atoms with van der Waals surface area (Å²) >= 11 is 0. The van der Waals surface area contributed by atoms with Crippen LogP contribution in [0.15, 0.2) is 194 Å². The summed E-state index contributed by atoms with van der Waals surface area (Å²) < 4.78 is 2.41. The SMILES string of the molecule is c1ccc(-c2ccccc2N(c2ccc3c4ccccc4n(-c4ccccc4)c3c2)c2cc3ccccc3c3ccc4ccccc4c23)cc1. The first-order valence-corrected chi connectivity index (χ1v) is 17.2. The molecule has 2 nitrogen and oxygen atoms in total. The molecule has 0 spiro atoms. The van der Waals surface area contributed by atoms with Crippen molar-refractivity contribution >= 4 is 71.2 Å². The zero-order valence-corrected chi connectivity index (χ0v) is 27.4. The number of anilines is 3. The lowest BCUT2D eigenvalue weighted by Gasteiger charge is -2.30. The van der Waals surface area contributed by atoms with E-state index in [-0.39, 0.29) is 0 Å². The predicted molar refractivity (Wildman–Crippen MR) is 213 cm³/mol. The van der Waals surface area contributed by atoms with Crippen molar-refractivity contribution in [1.82, 2.24) is 4.57 Å². The van der Waals surface area contributed by atoms with Crippen LogP contribution in [-0.2, 0) is 0 Å². The minimum Gasteiger partial charge on any atom is -0.309 e. The molecule has 1 heterocycles. The van der Waals surface area contributed by atoms with Crippen molar-refractivity contribution < 1.29 is 0 Å². The molecule has 0 aliphatic heterocycles.